The molecule has 1 nitrogen and oxygen atoms in total. The molecule has 5 aromatic carbocycles. The molecule has 0 heterocycles. The van der Waals surface area contributed by atoms with Gasteiger partial charge in [-0.05, 0) is 82.9 Å². The van der Waals surface area contributed by atoms with Crippen LogP contribution in [0.15, 0.2) is 84.9 Å². The van der Waals surface area contributed by atoms with E-state index in [1.807, 2.05) is 24.3 Å². The summed E-state index contributed by atoms with van der Waals surface area (Å²) in [5.74, 6) is -6.52. The Kier molecular flexibility index (Phi) is 8.25. The highest BCUT2D eigenvalue weighted by atomic mass is 19.3. The Morgan fingerprint density at radius 2 is 1.29 bits per heavy atom. The van der Waals surface area contributed by atoms with Crippen LogP contribution in [0.5, 0.6) is 5.75 Å². The van der Waals surface area contributed by atoms with Crippen LogP contribution in [0.2, 0.25) is 0 Å². The van der Waals surface area contributed by atoms with E-state index in [9.17, 15) is 26.3 Å². The van der Waals surface area contributed by atoms with Gasteiger partial charge in [0.2, 0.25) is 0 Å². The number of hydrogen-bond donors (Lipinski definition) is 0. The molecule has 0 spiro atoms. The van der Waals surface area contributed by atoms with E-state index in [4.69, 9.17) is 0 Å². The Hall–Kier alpha value is -4.33. The van der Waals surface area contributed by atoms with E-state index in [1.165, 1.54) is 17.7 Å². The zero-order valence-corrected chi connectivity index (χ0v) is 22.5. The fraction of sp³-hybridized carbons (Fsp3) is 0.176. The lowest BCUT2D eigenvalue weighted by atomic mass is 9.97. The van der Waals surface area contributed by atoms with Gasteiger partial charge in [0.15, 0.2) is 0 Å². The fourth-order valence-electron chi connectivity index (χ4n) is 4.91. The molecule has 0 bridgehead atoms. The number of aryl methyl sites for hydroxylation is 1. The van der Waals surface area contributed by atoms with Crippen molar-refractivity contribution in [2.24, 2.45) is 0 Å². The maximum absolute atomic E-state index is 15.1. The fourth-order valence-corrected chi connectivity index (χ4v) is 4.91. The third kappa shape index (κ3) is 6.12. The van der Waals surface area contributed by atoms with Crippen molar-refractivity contribution >= 4 is 10.8 Å². The predicted molar refractivity (Wildman–Crippen MR) is 149 cm³/mol. The van der Waals surface area contributed by atoms with Crippen molar-refractivity contribution in [3.8, 4) is 28.0 Å². The van der Waals surface area contributed by atoms with Crippen LogP contribution in [-0.4, -0.2) is 0 Å². The quantitative estimate of drug-likeness (QED) is 0.124. The minimum Gasteiger partial charge on any atom is -0.429 e. The molecular weight excluding hydrogens is 557 g/mol. The van der Waals surface area contributed by atoms with Crippen LogP contribution in [0.3, 0.4) is 0 Å². The van der Waals surface area contributed by atoms with Gasteiger partial charge in [-0.2, -0.15) is 8.78 Å². The van der Waals surface area contributed by atoms with Crippen LogP contribution >= 0.6 is 0 Å². The summed E-state index contributed by atoms with van der Waals surface area (Å²) in [4.78, 5) is 0. The van der Waals surface area contributed by atoms with Crippen LogP contribution in [0.25, 0.3) is 33.0 Å². The molecule has 0 fully saturated rings. The maximum Gasteiger partial charge on any atom is 0.432 e. The summed E-state index contributed by atoms with van der Waals surface area (Å²) in [6.45, 7) is 2.13. The molecule has 0 saturated carbocycles. The van der Waals surface area contributed by atoms with Crippen LogP contribution in [-0.2, 0) is 12.5 Å². The second kappa shape index (κ2) is 11.9. The van der Waals surface area contributed by atoms with E-state index >= 15 is 4.39 Å². The van der Waals surface area contributed by atoms with Crippen LogP contribution in [0.4, 0.5) is 30.7 Å². The summed E-state index contributed by atoms with van der Waals surface area (Å²) in [5, 5.41) is -0.139. The zero-order valence-electron chi connectivity index (χ0n) is 22.5. The van der Waals surface area contributed by atoms with Crippen molar-refractivity contribution in [3.05, 3.63) is 125 Å². The third-order valence-corrected chi connectivity index (χ3v) is 7.05. The predicted octanol–water partition coefficient (Wildman–Crippen LogP) is 10.7. The lowest BCUT2D eigenvalue weighted by Gasteiger charge is -2.20. The summed E-state index contributed by atoms with van der Waals surface area (Å²) in [6.07, 6.45) is -0.224. The summed E-state index contributed by atoms with van der Waals surface area (Å²) >= 11 is 0. The summed E-state index contributed by atoms with van der Waals surface area (Å²) < 4.78 is 107. The van der Waals surface area contributed by atoms with Gasteiger partial charge < -0.3 is 4.74 Å². The zero-order chi connectivity index (χ0) is 30.0. The van der Waals surface area contributed by atoms with E-state index in [0.29, 0.717) is 23.8 Å². The molecule has 0 unspecified atom stereocenters. The van der Waals surface area contributed by atoms with E-state index in [2.05, 4.69) is 11.7 Å². The molecule has 0 N–H and O–H groups in total. The molecule has 5 aromatic rings. The van der Waals surface area contributed by atoms with Gasteiger partial charge in [-0.15, -0.1) is 0 Å². The number of ether oxygens (including phenoxy) is 1. The van der Waals surface area contributed by atoms with Crippen molar-refractivity contribution in [3.63, 3.8) is 0 Å². The highest BCUT2D eigenvalue weighted by Gasteiger charge is 2.41. The van der Waals surface area contributed by atoms with E-state index in [1.54, 1.807) is 6.07 Å². The number of halogens is 7. The second-order valence-corrected chi connectivity index (χ2v) is 10.1. The van der Waals surface area contributed by atoms with E-state index in [0.717, 1.165) is 55.5 Å². The Morgan fingerprint density at radius 1 is 0.619 bits per heavy atom. The molecule has 8 heteroatoms. The highest BCUT2D eigenvalue weighted by molar-refractivity contribution is 5.84. The van der Waals surface area contributed by atoms with Gasteiger partial charge >= 0.3 is 6.11 Å². The first-order valence-corrected chi connectivity index (χ1v) is 13.4. The molecule has 0 aliphatic heterocycles. The molecule has 0 radical (unpaired) electrons. The lowest BCUT2D eigenvalue weighted by molar-refractivity contribution is -0.189. The monoisotopic (exact) mass is 582 g/mol. The molecule has 5 rings (SSSR count). The van der Waals surface area contributed by atoms with Gasteiger partial charge in [0.25, 0.3) is 0 Å². The maximum atomic E-state index is 15.1. The number of fused-ring (bicyclic) bond motifs is 1. The average molecular weight is 583 g/mol. The van der Waals surface area contributed by atoms with Crippen molar-refractivity contribution in [2.75, 3.05) is 0 Å². The number of alkyl halides is 2. The smallest absolute Gasteiger partial charge is 0.429 e. The Labute approximate surface area is 238 Å². The first-order chi connectivity index (χ1) is 20.1. The molecule has 216 valence electrons. The average Bonchev–Trinajstić information content (AvgIpc) is 2.92. The number of unbranched alkanes of at least 4 members (excludes halogenated alkanes) is 2. The van der Waals surface area contributed by atoms with E-state index in [-0.39, 0.29) is 21.9 Å². The molecule has 0 saturated heterocycles. The molecule has 0 aliphatic carbocycles. The molecule has 42 heavy (non-hydrogen) atoms. The van der Waals surface area contributed by atoms with Gasteiger partial charge in [-0.1, -0.05) is 56.2 Å². The topological polar surface area (TPSA) is 9.23 Å². The Morgan fingerprint density at radius 3 is 1.95 bits per heavy atom. The number of rotatable bonds is 9. The first kappa shape index (κ1) is 29.2. The first-order valence-electron chi connectivity index (χ1n) is 13.4. The number of hydrogen-bond acceptors (Lipinski definition) is 1. The van der Waals surface area contributed by atoms with Crippen LogP contribution in [0.1, 0.15) is 37.3 Å². The standard InChI is InChI=1S/C34H25F7O/c1-2-3-4-5-20-6-8-21(9-7-20)22-10-12-27(29(36)16-22)24-17-31(38)33(32(39)18-24)34(40,41)42-26-11-13-28-23(15-26)14-25(35)19-30(28)37/h6-19H,2-5H2,1H3. The molecule has 0 atom stereocenters. The molecular formula is C34H25F7O. The number of benzene rings is 5. The summed E-state index contributed by atoms with van der Waals surface area (Å²) in [7, 11) is 0. The van der Waals surface area contributed by atoms with Crippen molar-refractivity contribution in [1.82, 2.24) is 0 Å². The van der Waals surface area contributed by atoms with Crippen molar-refractivity contribution in [2.45, 2.75) is 38.7 Å². The molecule has 0 aromatic heterocycles. The minimum atomic E-state index is -4.50. The lowest BCUT2D eigenvalue weighted by Crippen LogP contribution is -2.25. The van der Waals surface area contributed by atoms with Gasteiger partial charge in [0.1, 0.15) is 40.4 Å². The normalized spacial score (nSPS) is 11.7. The minimum absolute atomic E-state index is 0.0544. The Balaban J connectivity index is 1.39. The Bertz CT molecular complexity index is 1720. The molecule has 0 aliphatic rings. The molecule has 0 amide bonds. The van der Waals surface area contributed by atoms with Gasteiger partial charge in [0.05, 0.1) is 0 Å². The third-order valence-electron chi connectivity index (χ3n) is 7.05. The van der Waals surface area contributed by atoms with Crippen molar-refractivity contribution < 1.29 is 35.5 Å². The van der Waals surface area contributed by atoms with Gasteiger partial charge in [0, 0.05) is 17.0 Å². The van der Waals surface area contributed by atoms with Gasteiger partial charge in [-0.25, -0.2) is 22.0 Å². The second-order valence-electron chi connectivity index (χ2n) is 10.1. The van der Waals surface area contributed by atoms with Crippen molar-refractivity contribution in [1.29, 1.82) is 0 Å². The van der Waals surface area contributed by atoms with Crippen LogP contribution in [0, 0.1) is 29.1 Å². The summed E-state index contributed by atoms with van der Waals surface area (Å²) in [5.41, 5.74) is 0.318. The largest absolute Gasteiger partial charge is 0.432 e. The summed E-state index contributed by atoms with van der Waals surface area (Å²) in [6, 6.07) is 17.5. The van der Waals surface area contributed by atoms with Gasteiger partial charge in [-0.3, -0.25) is 0 Å². The highest BCUT2D eigenvalue weighted by Crippen LogP contribution is 2.39. The van der Waals surface area contributed by atoms with E-state index < -0.39 is 46.5 Å². The van der Waals surface area contributed by atoms with Crippen LogP contribution < -0.4 is 4.74 Å². The SMILES string of the molecule is CCCCCc1ccc(-c2ccc(-c3cc(F)c(C(F)(F)Oc4ccc5c(F)cc(F)cc5c4)c(F)c3)c(F)c2)cc1.